The molecule has 0 atom stereocenters. The Morgan fingerprint density at radius 3 is 2.38 bits per heavy atom. The molecule has 0 aromatic heterocycles. The van der Waals surface area contributed by atoms with Gasteiger partial charge in [-0.1, -0.05) is 24.3 Å². The van der Waals surface area contributed by atoms with Gasteiger partial charge in [0.25, 0.3) is 5.91 Å². The minimum atomic E-state index is -3.04. The first-order chi connectivity index (χ1) is 11.4. The maximum Gasteiger partial charge on any atom is 0.387 e. The zero-order valence-corrected chi connectivity index (χ0v) is 12.5. The molecular formula is C17H15F2NO4. The average Bonchev–Trinajstić information content (AvgIpc) is 2.48. The van der Waals surface area contributed by atoms with E-state index in [9.17, 15) is 18.4 Å². The molecule has 1 amide bonds. The number of aliphatic carboxylic acids is 1. The van der Waals surface area contributed by atoms with Crippen LogP contribution >= 0.6 is 0 Å². The topological polar surface area (TPSA) is 75.6 Å². The fraction of sp³-hybridized carbons (Fsp3) is 0.294. The third-order valence-corrected chi connectivity index (χ3v) is 4.13. The minimum Gasteiger partial charge on any atom is -0.481 e. The molecule has 0 saturated heterocycles. The molecule has 0 heterocycles. The summed E-state index contributed by atoms with van der Waals surface area (Å²) in [5.41, 5.74) is 0.00720. The number of hydrogen-bond acceptors (Lipinski definition) is 3. The van der Waals surface area contributed by atoms with Crippen molar-refractivity contribution in [3.63, 3.8) is 0 Å². The van der Waals surface area contributed by atoms with Gasteiger partial charge >= 0.3 is 12.6 Å². The highest BCUT2D eigenvalue weighted by Gasteiger charge is 2.35. The Morgan fingerprint density at radius 1 is 1.17 bits per heavy atom. The summed E-state index contributed by atoms with van der Waals surface area (Å²) in [6.45, 7) is -3.04. The summed E-state index contributed by atoms with van der Waals surface area (Å²) in [4.78, 5) is 23.2. The lowest BCUT2D eigenvalue weighted by Gasteiger charge is -2.33. The van der Waals surface area contributed by atoms with Gasteiger partial charge in [0.1, 0.15) is 5.75 Å². The number of nitrogens with one attached hydrogen (secondary N) is 1. The Labute approximate surface area is 136 Å². The molecule has 126 valence electrons. The SMILES string of the molecule is O=C(NC1CC(C(=O)O)C1)c1cc2ccccc2cc1OC(F)F. The molecule has 0 unspecified atom stereocenters. The first kappa shape index (κ1) is 16.2. The Balaban J connectivity index is 1.83. The fourth-order valence-electron chi connectivity index (χ4n) is 2.79. The number of carbonyl (C=O) groups is 2. The van der Waals surface area contributed by atoms with E-state index in [2.05, 4.69) is 10.1 Å². The molecule has 2 aromatic rings. The van der Waals surface area contributed by atoms with E-state index in [1.54, 1.807) is 24.3 Å². The van der Waals surface area contributed by atoms with Crippen LogP contribution in [-0.4, -0.2) is 29.6 Å². The summed E-state index contributed by atoms with van der Waals surface area (Å²) in [7, 11) is 0. The van der Waals surface area contributed by atoms with Crippen LogP contribution in [0.5, 0.6) is 5.75 Å². The van der Waals surface area contributed by atoms with E-state index in [0.717, 1.165) is 5.39 Å². The highest BCUT2D eigenvalue weighted by Crippen LogP contribution is 2.30. The monoisotopic (exact) mass is 335 g/mol. The van der Waals surface area contributed by atoms with Crippen LogP contribution in [0.25, 0.3) is 10.8 Å². The number of amides is 1. The lowest BCUT2D eigenvalue weighted by molar-refractivity contribution is -0.145. The number of carboxylic acids is 1. The van der Waals surface area contributed by atoms with E-state index in [-0.39, 0.29) is 17.4 Å². The molecule has 0 bridgehead atoms. The van der Waals surface area contributed by atoms with Crippen molar-refractivity contribution >= 4 is 22.6 Å². The maximum absolute atomic E-state index is 12.6. The van der Waals surface area contributed by atoms with Gasteiger partial charge in [-0.25, -0.2) is 0 Å². The number of benzene rings is 2. The lowest BCUT2D eigenvalue weighted by atomic mass is 9.80. The Bertz CT molecular complexity index is 787. The number of halogens is 2. The highest BCUT2D eigenvalue weighted by atomic mass is 19.3. The summed E-state index contributed by atoms with van der Waals surface area (Å²) < 4.78 is 29.7. The minimum absolute atomic E-state index is 0.00720. The largest absolute Gasteiger partial charge is 0.481 e. The molecular weight excluding hydrogens is 320 g/mol. The summed E-state index contributed by atoms with van der Waals surface area (Å²) in [5.74, 6) is -2.11. The van der Waals surface area contributed by atoms with E-state index >= 15 is 0 Å². The molecule has 2 N–H and O–H groups in total. The van der Waals surface area contributed by atoms with Crippen LogP contribution in [0.4, 0.5) is 8.78 Å². The van der Waals surface area contributed by atoms with E-state index in [1.807, 2.05) is 0 Å². The molecule has 2 aromatic carbocycles. The van der Waals surface area contributed by atoms with Gasteiger partial charge in [-0.3, -0.25) is 9.59 Å². The molecule has 1 aliphatic rings. The molecule has 24 heavy (non-hydrogen) atoms. The van der Waals surface area contributed by atoms with Crippen molar-refractivity contribution in [3.05, 3.63) is 42.0 Å². The first-order valence-electron chi connectivity index (χ1n) is 7.45. The van der Waals surface area contributed by atoms with Gasteiger partial charge < -0.3 is 15.2 Å². The number of carboxylic acid groups (broad SMARTS) is 1. The number of rotatable bonds is 5. The van der Waals surface area contributed by atoms with E-state index in [1.165, 1.54) is 12.1 Å². The predicted octanol–water partition coefficient (Wildman–Crippen LogP) is 3.03. The molecule has 0 spiro atoms. The molecule has 3 rings (SSSR count). The van der Waals surface area contributed by atoms with Crippen molar-refractivity contribution < 1.29 is 28.2 Å². The quantitative estimate of drug-likeness (QED) is 0.881. The normalized spacial score (nSPS) is 19.8. The molecule has 0 radical (unpaired) electrons. The van der Waals surface area contributed by atoms with Gasteiger partial charge in [0.05, 0.1) is 11.5 Å². The number of ether oxygens (including phenoxy) is 1. The van der Waals surface area contributed by atoms with Crippen LogP contribution in [0.1, 0.15) is 23.2 Å². The molecule has 1 fully saturated rings. The van der Waals surface area contributed by atoms with Crippen LogP contribution in [-0.2, 0) is 4.79 Å². The highest BCUT2D eigenvalue weighted by molar-refractivity contribution is 6.01. The van der Waals surface area contributed by atoms with Crippen LogP contribution in [0.15, 0.2) is 36.4 Å². The van der Waals surface area contributed by atoms with Gasteiger partial charge in [-0.15, -0.1) is 0 Å². The molecule has 1 aliphatic carbocycles. The Hall–Kier alpha value is -2.70. The van der Waals surface area contributed by atoms with Crippen molar-refractivity contribution in [1.82, 2.24) is 5.32 Å². The zero-order valence-electron chi connectivity index (χ0n) is 12.5. The summed E-state index contributed by atoms with van der Waals surface area (Å²) in [5, 5.41) is 12.9. The van der Waals surface area contributed by atoms with Crippen LogP contribution in [0, 0.1) is 5.92 Å². The third-order valence-electron chi connectivity index (χ3n) is 4.13. The average molecular weight is 335 g/mol. The summed E-state index contributed by atoms with van der Waals surface area (Å²) in [6.07, 6.45) is 0.666. The molecule has 7 heteroatoms. The molecule has 0 aliphatic heterocycles. The molecule has 1 saturated carbocycles. The van der Waals surface area contributed by atoms with Crippen molar-refractivity contribution in [3.8, 4) is 5.75 Å². The standard InChI is InChI=1S/C17H15F2NO4/c18-17(19)24-14-8-10-4-2-1-3-9(10)7-13(14)15(21)20-12-5-11(6-12)16(22)23/h1-4,7-8,11-12,17H,5-6H2,(H,20,21)(H,22,23). The van der Waals surface area contributed by atoms with E-state index < -0.39 is 24.4 Å². The van der Waals surface area contributed by atoms with Gasteiger partial charge in [-0.2, -0.15) is 8.78 Å². The second-order valence-corrected chi connectivity index (χ2v) is 5.75. The molecule has 5 nitrogen and oxygen atoms in total. The summed E-state index contributed by atoms with van der Waals surface area (Å²) >= 11 is 0. The lowest BCUT2D eigenvalue weighted by Crippen LogP contribution is -2.46. The van der Waals surface area contributed by atoms with E-state index in [4.69, 9.17) is 5.11 Å². The van der Waals surface area contributed by atoms with Crippen LogP contribution < -0.4 is 10.1 Å². The predicted molar refractivity (Wildman–Crippen MR) is 82.2 cm³/mol. The summed E-state index contributed by atoms with van der Waals surface area (Å²) in [6, 6.07) is 9.66. The van der Waals surface area contributed by atoms with E-state index in [0.29, 0.717) is 18.2 Å². The van der Waals surface area contributed by atoms with Crippen molar-refractivity contribution in [2.24, 2.45) is 5.92 Å². The third kappa shape index (κ3) is 3.29. The maximum atomic E-state index is 12.6. The number of alkyl halides is 2. The van der Waals surface area contributed by atoms with Gasteiger partial charge in [0.15, 0.2) is 0 Å². The van der Waals surface area contributed by atoms with Gasteiger partial charge in [0.2, 0.25) is 0 Å². The van der Waals surface area contributed by atoms with Crippen LogP contribution in [0.3, 0.4) is 0 Å². The zero-order chi connectivity index (χ0) is 17.3. The Kier molecular flexibility index (Phi) is 4.33. The second kappa shape index (κ2) is 6.43. The van der Waals surface area contributed by atoms with Crippen molar-refractivity contribution in [2.75, 3.05) is 0 Å². The number of hydrogen-bond donors (Lipinski definition) is 2. The first-order valence-corrected chi connectivity index (χ1v) is 7.45. The smallest absolute Gasteiger partial charge is 0.387 e. The van der Waals surface area contributed by atoms with Crippen molar-refractivity contribution in [2.45, 2.75) is 25.5 Å². The number of fused-ring (bicyclic) bond motifs is 1. The Morgan fingerprint density at radius 2 is 1.79 bits per heavy atom. The van der Waals surface area contributed by atoms with Crippen molar-refractivity contribution in [1.29, 1.82) is 0 Å². The number of carbonyl (C=O) groups excluding carboxylic acids is 1. The fourth-order valence-corrected chi connectivity index (χ4v) is 2.79. The van der Waals surface area contributed by atoms with Gasteiger partial charge in [0, 0.05) is 6.04 Å². The second-order valence-electron chi connectivity index (χ2n) is 5.75. The van der Waals surface area contributed by atoms with Crippen LogP contribution in [0.2, 0.25) is 0 Å². The van der Waals surface area contributed by atoms with Gasteiger partial charge in [-0.05, 0) is 35.7 Å².